The van der Waals surface area contributed by atoms with Crippen molar-refractivity contribution < 1.29 is 18.3 Å². The Bertz CT molecular complexity index is 583. The lowest BCUT2D eigenvalue weighted by molar-refractivity contribution is -0.139. The monoisotopic (exact) mass is 310 g/mol. The normalized spacial score (nSPS) is 17.8. The molecule has 0 spiro atoms. The number of benzene rings is 1. The molecule has 116 valence electrons. The minimum Gasteiger partial charge on any atom is -0.481 e. The number of sulfone groups is 1. The second kappa shape index (κ2) is 6.60. The molecule has 0 amide bonds. The number of carbonyl (C=O) groups is 1. The molecular formula is C16H22O4S. The fourth-order valence-corrected chi connectivity index (χ4v) is 3.71. The van der Waals surface area contributed by atoms with Crippen molar-refractivity contribution >= 4 is 15.8 Å². The number of hydrogen-bond donors (Lipinski definition) is 1. The third-order valence-corrected chi connectivity index (χ3v) is 5.48. The summed E-state index contributed by atoms with van der Waals surface area (Å²) in [4.78, 5) is 11.7. The van der Waals surface area contributed by atoms with Crippen LogP contribution in [-0.2, 0) is 14.6 Å². The first-order valence-corrected chi connectivity index (χ1v) is 9.30. The lowest BCUT2D eigenvalue weighted by Crippen LogP contribution is -2.13. The largest absolute Gasteiger partial charge is 0.481 e. The van der Waals surface area contributed by atoms with Gasteiger partial charge in [-0.2, -0.15) is 0 Å². The van der Waals surface area contributed by atoms with Gasteiger partial charge in [0.05, 0.1) is 10.8 Å². The molecule has 1 atom stereocenters. The maximum atomic E-state index is 11.5. The Morgan fingerprint density at radius 3 is 2.29 bits per heavy atom. The van der Waals surface area contributed by atoms with E-state index in [1.54, 1.807) is 12.1 Å². The van der Waals surface area contributed by atoms with Crippen molar-refractivity contribution in [2.75, 3.05) is 6.26 Å². The van der Waals surface area contributed by atoms with Gasteiger partial charge in [0.25, 0.3) is 0 Å². The predicted octanol–water partition coefficient (Wildman–Crippen LogP) is 3.23. The van der Waals surface area contributed by atoms with Crippen LogP contribution in [0.2, 0.25) is 0 Å². The molecule has 5 heteroatoms. The smallest absolute Gasteiger partial charge is 0.310 e. The van der Waals surface area contributed by atoms with E-state index < -0.39 is 21.7 Å². The van der Waals surface area contributed by atoms with E-state index in [1.807, 2.05) is 0 Å². The molecule has 0 radical (unpaired) electrons. The minimum atomic E-state index is -3.24. The summed E-state index contributed by atoms with van der Waals surface area (Å²) >= 11 is 0. The first kappa shape index (κ1) is 16.0. The molecular weight excluding hydrogens is 288 g/mol. The highest BCUT2D eigenvalue weighted by Crippen LogP contribution is 2.32. The van der Waals surface area contributed by atoms with Crippen molar-refractivity contribution in [1.82, 2.24) is 0 Å². The van der Waals surface area contributed by atoms with Gasteiger partial charge in [-0.25, -0.2) is 8.42 Å². The van der Waals surface area contributed by atoms with Crippen molar-refractivity contribution in [3.8, 4) is 0 Å². The summed E-state index contributed by atoms with van der Waals surface area (Å²) in [7, 11) is -3.24. The number of hydrogen-bond acceptors (Lipinski definition) is 3. The van der Waals surface area contributed by atoms with Gasteiger partial charge in [-0.3, -0.25) is 4.79 Å². The van der Waals surface area contributed by atoms with Crippen LogP contribution < -0.4 is 0 Å². The Morgan fingerprint density at radius 2 is 1.81 bits per heavy atom. The highest BCUT2D eigenvalue weighted by Gasteiger charge is 2.23. The van der Waals surface area contributed by atoms with Crippen molar-refractivity contribution in [3.63, 3.8) is 0 Å². The van der Waals surface area contributed by atoms with Gasteiger partial charge < -0.3 is 5.11 Å². The molecule has 0 saturated heterocycles. The third kappa shape index (κ3) is 4.30. The number of rotatable bonds is 6. The first-order valence-electron chi connectivity index (χ1n) is 7.41. The standard InChI is InChI=1S/C16H22O4S/c1-21(19,20)14-9-7-13(8-10-14)15(16(17)18)11-6-12-4-2-3-5-12/h7-10,12,15H,2-6,11H2,1H3,(H,17,18)/t15-/m1/s1. The molecule has 4 nitrogen and oxygen atoms in total. The molecule has 0 aliphatic heterocycles. The molecule has 1 N–H and O–H groups in total. The SMILES string of the molecule is CS(=O)(=O)c1ccc([C@@H](CCC2CCCC2)C(=O)O)cc1. The average Bonchev–Trinajstić information content (AvgIpc) is 2.91. The maximum Gasteiger partial charge on any atom is 0.310 e. The summed E-state index contributed by atoms with van der Waals surface area (Å²) in [5, 5.41) is 9.41. The summed E-state index contributed by atoms with van der Waals surface area (Å²) in [5.74, 6) is -0.721. The Balaban J connectivity index is 2.08. The Morgan fingerprint density at radius 1 is 1.24 bits per heavy atom. The van der Waals surface area contributed by atoms with E-state index in [4.69, 9.17) is 0 Å². The quantitative estimate of drug-likeness (QED) is 0.875. The second-order valence-corrected chi connectivity index (χ2v) is 7.98. The van der Waals surface area contributed by atoms with Crippen molar-refractivity contribution in [3.05, 3.63) is 29.8 Å². The molecule has 0 aromatic heterocycles. The molecule has 1 aliphatic rings. The van der Waals surface area contributed by atoms with Crippen LogP contribution in [0.1, 0.15) is 50.0 Å². The summed E-state index contributed by atoms with van der Waals surface area (Å²) in [6.45, 7) is 0. The van der Waals surface area contributed by atoms with Crippen LogP contribution in [-0.4, -0.2) is 25.7 Å². The van der Waals surface area contributed by atoms with E-state index in [1.165, 1.54) is 37.8 Å². The van der Waals surface area contributed by atoms with Crippen LogP contribution in [0.5, 0.6) is 0 Å². The van der Waals surface area contributed by atoms with Gasteiger partial charge in [-0.15, -0.1) is 0 Å². The zero-order valence-electron chi connectivity index (χ0n) is 12.3. The molecule has 0 unspecified atom stereocenters. The molecule has 0 bridgehead atoms. The molecule has 1 fully saturated rings. The highest BCUT2D eigenvalue weighted by molar-refractivity contribution is 7.90. The highest BCUT2D eigenvalue weighted by atomic mass is 32.2. The lowest BCUT2D eigenvalue weighted by atomic mass is 9.90. The summed E-state index contributed by atoms with van der Waals surface area (Å²) in [5.41, 5.74) is 0.688. The minimum absolute atomic E-state index is 0.228. The van der Waals surface area contributed by atoms with Crippen LogP contribution in [0, 0.1) is 5.92 Å². The fraction of sp³-hybridized carbons (Fsp3) is 0.562. The van der Waals surface area contributed by atoms with Gasteiger partial charge in [0, 0.05) is 6.26 Å². The van der Waals surface area contributed by atoms with Crippen LogP contribution >= 0.6 is 0 Å². The predicted molar refractivity (Wildman–Crippen MR) is 81.1 cm³/mol. The Hall–Kier alpha value is -1.36. The number of carboxylic acid groups (broad SMARTS) is 1. The summed E-state index contributed by atoms with van der Waals surface area (Å²) in [6, 6.07) is 6.25. The van der Waals surface area contributed by atoms with Gasteiger partial charge in [0.15, 0.2) is 9.84 Å². The number of aliphatic carboxylic acids is 1. The topological polar surface area (TPSA) is 71.4 Å². The fourth-order valence-electron chi connectivity index (χ4n) is 3.08. The van der Waals surface area contributed by atoms with E-state index >= 15 is 0 Å². The Kier molecular flexibility index (Phi) is 5.04. The van der Waals surface area contributed by atoms with E-state index in [0.717, 1.165) is 12.7 Å². The van der Waals surface area contributed by atoms with Crippen LogP contribution in [0.3, 0.4) is 0 Å². The van der Waals surface area contributed by atoms with Gasteiger partial charge >= 0.3 is 5.97 Å². The van der Waals surface area contributed by atoms with Gasteiger partial charge in [0.1, 0.15) is 0 Å². The molecule has 2 rings (SSSR count). The first-order chi connectivity index (χ1) is 9.88. The van der Waals surface area contributed by atoms with E-state index in [2.05, 4.69) is 0 Å². The zero-order chi connectivity index (χ0) is 15.5. The molecule has 1 saturated carbocycles. The summed E-state index contributed by atoms with van der Waals surface area (Å²) < 4.78 is 22.9. The number of carboxylic acids is 1. The van der Waals surface area contributed by atoms with Crippen LogP contribution in [0.25, 0.3) is 0 Å². The zero-order valence-corrected chi connectivity index (χ0v) is 13.1. The van der Waals surface area contributed by atoms with Crippen molar-refractivity contribution in [1.29, 1.82) is 0 Å². The second-order valence-electron chi connectivity index (χ2n) is 5.96. The molecule has 1 aliphatic carbocycles. The van der Waals surface area contributed by atoms with Crippen LogP contribution in [0.15, 0.2) is 29.2 Å². The molecule has 1 aromatic rings. The van der Waals surface area contributed by atoms with Gasteiger partial charge in [-0.1, -0.05) is 37.8 Å². The van der Waals surface area contributed by atoms with E-state index in [9.17, 15) is 18.3 Å². The van der Waals surface area contributed by atoms with E-state index in [-0.39, 0.29) is 4.90 Å². The molecule has 21 heavy (non-hydrogen) atoms. The summed E-state index contributed by atoms with van der Waals surface area (Å²) in [6.07, 6.45) is 7.63. The average molecular weight is 310 g/mol. The molecule has 1 aromatic carbocycles. The van der Waals surface area contributed by atoms with Gasteiger partial charge in [0.2, 0.25) is 0 Å². The maximum absolute atomic E-state index is 11.5. The van der Waals surface area contributed by atoms with Crippen LogP contribution in [0.4, 0.5) is 0 Å². The molecule has 0 heterocycles. The van der Waals surface area contributed by atoms with Gasteiger partial charge in [-0.05, 0) is 36.5 Å². The third-order valence-electron chi connectivity index (χ3n) is 4.35. The van der Waals surface area contributed by atoms with Crippen molar-refractivity contribution in [2.45, 2.75) is 49.3 Å². The van der Waals surface area contributed by atoms with E-state index in [0.29, 0.717) is 17.9 Å². The Labute approximate surface area is 126 Å². The lowest BCUT2D eigenvalue weighted by Gasteiger charge is -2.16. The van der Waals surface area contributed by atoms with Crippen molar-refractivity contribution in [2.24, 2.45) is 5.92 Å².